The van der Waals surface area contributed by atoms with Crippen molar-refractivity contribution in [3.05, 3.63) is 46.6 Å². The SMILES string of the molecule is O=C(CSc1nc2ncccc2[nH]1)Nc1cccc(Cl)c1Cl. The number of fused-ring (bicyclic) bond motifs is 1. The van der Waals surface area contributed by atoms with Gasteiger partial charge < -0.3 is 10.3 Å². The van der Waals surface area contributed by atoms with E-state index in [0.717, 1.165) is 5.52 Å². The average molecular weight is 353 g/mol. The zero-order valence-corrected chi connectivity index (χ0v) is 13.5. The van der Waals surface area contributed by atoms with Crippen molar-refractivity contribution >= 4 is 57.7 Å². The summed E-state index contributed by atoms with van der Waals surface area (Å²) in [5.41, 5.74) is 1.96. The van der Waals surface area contributed by atoms with Gasteiger partial charge in [-0.1, -0.05) is 41.0 Å². The summed E-state index contributed by atoms with van der Waals surface area (Å²) >= 11 is 13.2. The molecule has 1 aromatic carbocycles. The van der Waals surface area contributed by atoms with Crippen molar-refractivity contribution in [3.8, 4) is 0 Å². The maximum atomic E-state index is 12.0. The van der Waals surface area contributed by atoms with Crippen LogP contribution in [0.5, 0.6) is 0 Å². The number of H-pyrrole nitrogens is 1. The zero-order valence-electron chi connectivity index (χ0n) is 11.1. The van der Waals surface area contributed by atoms with E-state index in [4.69, 9.17) is 23.2 Å². The molecule has 2 heterocycles. The molecule has 0 saturated heterocycles. The number of imidazole rings is 1. The van der Waals surface area contributed by atoms with E-state index in [-0.39, 0.29) is 11.7 Å². The second kappa shape index (κ2) is 6.56. The second-order valence-electron chi connectivity index (χ2n) is 4.35. The van der Waals surface area contributed by atoms with Crippen LogP contribution in [0.4, 0.5) is 5.69 Å². The van der Waals surface area contributed by atoms with Crippen LogP contribution in [0.25, 0.3) is 11.2 Å². The van der Waals surface area contributed by atoms with Gasteiger partial charge in [-0.05, 0) is 24.3 Å². The number of nitrogens with one attached hydrogen (secondary N) is 2. The quantitative estimate of drug-likeness (QED) is 0.696. The number of amides is 1. The average Bonchev–Trinajstić information content (AvgIpc) is 2.93. The fourth-order valence-corrected chi connectivity index (χ4v) is 2.83. The van der Waals surface area contributed by atoms with Crippen molar-refractivity contribution in [2.75, 3.05) is 11.1 Å². The van der Waals surface area contributed by atoms with Gasteiger partial charge >= 0.3 is 0 Å². The van der Waals surface area contributed by atoms with E-state index >= 15 is 0 Å². The molecular weight excluding hydrogens is 343 g/mol. The molecule has 1 amide bonds. The van der Waals surface area contributed by atoms with Crippen LogP contribution < -0.4 is 5.32 Å². The molecule has 8 heteroatoms. The monoisotopic (exact) mass is 352 g/mol. The number of rotatable bonds is 4. The van der Waals surface area contributed by atoms with Crippen LogP contribution in [0.2, 0.25) is 10.0 Å². The van der Waals surface area contributed by atoms with Crippen molar-refractivity contribution in [1.29, 1.82) is 0 Å². The molecule has 3 aromatic rings. The molecule has 0 saturated carbocycles. The van der Waals surface area contributed by atoms with Crippen molar-refractivity contribution in [1.82, 2.24) is 15.0 Å². The van der Waals surface area contributed by atoms with Crippen molar-refractivity contribution in [3.63, 3.8) is 0 Å². The van der Waals surface area contributed by atoms with Gasteiger partial charge in [0, 0.05) is 6.20 Å². The lowest BCUT2D eigenvalue weighted by Gasteiger charge is -2.07. The molecule has 0 unspecified atom stereocenters. The number of thioether (sulfide) groups is 1. The molecule has 0 aliphatic heterocycles. The molecule has 0 radical (unpaired) electrons. The van der Waals surface area contributed by atoms with Crippen molar-refractivity contribution < 1.29 is 4.79 Å². The van der Waals surface area contributed by atoms with Gasteiger partial charge in [0.1, 0.15) is 0 Å². The predicted octanol–water partition coefficient (Wildman–Crippen LogP) is 4.00. The third kappa shape index (κ3) is 3.35. The predicted molar refractivity (Wildman–Crippen MR) is 89.7 cm³/mol. The standard InChI is InChI=1S/C14H10Cl2N4OS/c15-8-3-1-4-9(12(8)16)18-11(21)7-22-14-19-10-5-2-6-17-13(10)20-14/h1-6H,7H2,(H,18,21)(H,17,19,20). The number of pyridine rings is 1. The number of aromatic amines is 1. The van der Waals surface area contributed by atoms with E-state index in [9.17, 15) is 4.79 Å². The summed E-state index contributed by atoms with van der Waals surface area (Å²) in [5, 5.41) is 4.09. The Kier molecular flexibility index (Phi) is 4.52. The highest BCUT2D eigenvalue weighted by atomic mass is 35.5. The molecular formula is C14H10Cl2N4OS. The fourth-order valence-electron chi connectivity index (χ4n) is 1.81. The summed E-state index contributed by atoms with van der Waals surface area (Å²) in [7, 11) is 0. The number of anilines is 1. The Balaban J connectivity index is 1.63. The van der Waals surface area contributed by atoms with Crippen LogP contribution in [0.15, 0.2) is 41.7 Å². The summed E-state index contributed by atoms with van der Waals surface area (Å²) in [5.74, 6) is 0.00503. The molecule has 112 valence electrons. The van der Waals surface area contributed by atoms with E-state index in [1.165, 1.54) is 11.8 Å². The van der Waals surface area contributed by atoms with Gasteiger partial charge in [0.25, 0.3) is 0 Å². The van der Waals surface area contributed by atoms with E-state index in [0.29, 0.717) is 26.5 Å². The van der Waals surface area contributed by atoms with Gasteiger partial charge in [-0.3, -0.25) is 4.79 Å². The summed E-state index contributed by atoms with van der Waals surface area (Å²) in [6.07, 6.45) is 1.67. The minimum atomic E-state index is -0.192. The zero-order chi connectivity index (χ0) is 15.5. The van der Waals surface area contributed by atoms with Gasteiger partial charge in [0.15, 0.2) is 10.8 Å². The van der Waals surface area contributed by atoms with Gasteiger partial charge in [-0.25, -0.2) is 9.97 Å². The normalized spacial score (nSPS) is 10.8. The number of nitrogens with zero attached hydrogens (tertiary/aromatic N) is 2. The third-order valence-corrected chi connectivity index (χ3v) is 4.49. The molecule has 22 heavy (non-hydrogen) atoms. The van der Waals surface area contributed by atoms with Crippen LogP contribution in [0.3, 0.4) is 0 Å². The minimum absolute atomic E-state index is 0.192. The van der Waals surface area contributed by atoms with E-state index in [2.05, 4.69) is 20.3 Å². The third-order valence-electron chi connectivity index (χ3n) is 2.80. The number of benzene rings is 1. The Morgan fingerprint density at radius 2 is 2.14 bits per heavy atom. The molecule has 0 aliphatic carbocycles. The number of hydrogen-bond donors (Lipinski definition) is 2. The molecule has 0 atom stereocenters. The highest BCUT2D eigenvalue weighted by Crippen LogP contribution is 2.29. The largest absolute Gasteiger partial charge is 0.332 e. The van der Waals surface area contributed by atoms with Gasteiger partial charge in [0.05, 0.1) is 27.0 Å². The van der Waals surface area contributed by atoms with Crippen LogP contribution >= 0.6 is 35.0 Å². The van der Waals surface area contributed by atoms with Gasteiger partial charge in [-0.2, -0.15) is 0 Å². The van der Waals surface area contributed by atoms with Crippen LogP contribution in [-0.4, -0.2) is 26.6 Å². The maximum absolute atomic E-state index is 12.0. The first kappa shape index (κ1) is 15.1. The number of carbonyl (C=O) groups is 1. The van der Waals surface area contributed by atoms with E-state index in [1.54, 1.807) is 24.4 Å². The Morgan fingerprint density at radius 3 is 2.95 bits per heavy atom. The molecule has 2 aromatic heterocycles. The second-order valence-corrected chi connectivity index (χ2v) is 6.10. The maximum Gasteiger partial charge on any atom is 0.234 e. The van der Waals surface area contributed by atoms with Gasteiger partial charge in [-0.15, -0.1) is 0 Å². The number of carbonyl (C=O) groups excluding carboxylic acids is 1. The lowest BCUT2D eigenvalue weighted by molar-refractivity contribution is -0.113. The van der Waals surface area contributed by atoms with Crippen LogP contribution in [-0.2, 0) is 4.79 Å². The topological polar surface area (TPSA) is 70.7 Å². The molecule has 0 bridgehead atoms. The highest BCUT2D eigenvalue weighted by Gasteiger charge is 2.10. The molecule has 0 fully saturated rings. The minimum Gasteiger partial charge on any atom is -0.332 e. The highest BCUT2D eigenvalue weighted by molar-refractivity contribution is 7.99. The lowest BCUT2D eigenvalue weighted by Crippen LogP contribution is -2.14. The Labute approximate surface area is 140 Å². The molecule has 3 rings (SSSR count). The Morgan fingerprint density at radius 1 is 1.27 bits per heavy atom. The Hall–Kier alpha value is -1.76. The first-order valence-corrected chi connectivity index (χ1v) is 8.05. The molecule has 0 spiro atoms. The number of halogens is 2. The smallest absolute Gasteiger partial charge is 0.234 e. The van der Waals surface area contributed by atoms with E-state index in [1.807, 2.05) is 12.1 Å². The molecule has 2 N–H and O–H groups in total. The number of aromatic nitrogens is 3. The number of hydrogen-bond acceptors (Lipinski definition) is 4. The fraction of sp³-hybridized carbons (Fsp3) is 0.0714. The first-order chi connectivity index (χ1) is 10.6. The van der Waals surface area contributed by atoms with E-state index < -0.39 is 0 Å². The van der Waals surface area contributed by atoms with Crippen LogP contribution in [0.1, 0.15) is 0 Å². The van der Waals surface area contributed by atoms with Crippen molar-refractivity contribution in [2.24, 2.45) is 0 Å². The first-order valence-electron chi connectivity index (χ1n) is 6.31. The van der Waals surface area contributed by atoms with Crippen LogP contribution in [0, 0.1) is 0 Å². The van der Waals surface area contributed by atoms with Gasteiger partial charge in [0.2, 0.25) is 5.91 Å². The summed E-state index contributed by atoms with van der Waals surface area (Å²) in [6.45, 7) is 0. The summed E-state index contributed by atoms with van der Waals surface area (Å²) < 4.78 is 0. The Bertz CT molecular complexity index is 804. The molecule has 5 nitrogen and oxygen atoms in total. The van der Waals surface area contributed by atoms with Crippen molar-refractivity contribution in [2.45, 2.75) is 5.16 Å². The molecule has 0 aliphatic rings. The summed E-state index contributed by atoms with van der Waals surface area (Å²) in [4.78, 5) is 23.5. The summed E-state index contributed by atoms with van der Waals surface area (Å²) in [6, 6.07) is 8.79. The lowest BCUT2D eigenvalue weighted by atomic mass is 10.3.